The van der Waals surface area contributed by atoms with Gasteiger partial charge in [0.05, 0.1) is 32.0 Å². The summed E-state index contributed by atoms with van der Waals surface area (Å²) >= 11 is 0. The first kappa shape index (κ1) is 76.0. The summed E-state index contributed by atoms with van der Waals surface area (Å²) in [5.41, 5.74) is 0. The van der Waals surface area contributed by atoms with Crippen LogP contribution in [0.15, 0.2) is 97.2 Å². The van der Waals surface area contributed by atoms with Gasteiger partial charge in [-0.15, -0.1) is 0 Å². The Morgan fingerprint density at radius 3 is 1.28 bits per heavy atom. The molecule has 12 atom stereocenters. The topological polar surface area (TPSA) is 228 Å². The second-order valence-corrected chi connectivity index (χ2v) is 22.9. The van der Waals surface area contributed by atoms with Gasteiger partial charge in [0.25, 0.3) is 0 Å². The van der Waals surface area contributed by atoms with Crippen molar-refractivity contribution in [3.05, 3.63) is 97.2 Å². The third kappa shape index (κ3) is 37.9. The molecule has 0 bridgehead atoms. The Labute approximate surface area is 503 Å². The lowest BCUT2D eigenvalue weighted by atomic mass is 9.97. The molecule has 12 unspecified atom stereocenters. The van der Waals surface area contributed by atoms with E-state index in [9.17, 15) is 45.6 Å². The van der Waals surface area contributed by atoms with Crippen molar-refractivity contribution in [3.63, 3.8) is 0 Å². The number of unbranched alkanes of at least 4 members (excludes halogenated alkanes) is 23. The van der Waals surface area contributed by atoms with Crippen molar-refractivity contribution in [2.24, 2.45) is 0 Å². The summed E-state index contributed by atoms with van der Waals surface area (Å²) in [4.78, 5) is 13.2. The largest absolute Gasteiger partial charge is 0.394 e. The van der Waals surface area contributed by atoms with Crippen molar-refractivity contribution in [2.75, 3.05) is 19.8 Å². The first-order chi connectivity index (χ1) is 40.6. The molecule has 14 nitrogen and oxygen atoms in total. The first-order valence-corrected chi connectivity index (χ1v) is 33.0. The molecular formula is C69H119NO13. The maximum atomic E-state index is 13.2. The Kier molecular flexibility index (Phi) is 48.7. The first-order valence-electron chi connectivity index (χ1n) is 33.0. The smallest absolute Gasteiger partial charge is 0.220 e. The Morgan fingerprint density at radius 1 is 0.446 bits per heavy atom. The highest BCUT2D eigenvalue weighted by atomic mass is 16.7. The number of carbonyl (C=O) groups excluding carboxylic acids is 1. The normalized spacial score (nSPS) is 24.5. The molecule has 9 N–H and O–H groups in total. The number of rotatable bonds is 52. The summed E-state index contributed by atoms with van der Waals surface area (Å²) in [6.07, 6.45) is 57.5. The molecule has 2 fully saturated rings. The molecule has 478 valence electrons. The number of nitrogens with one attached hydrogen (secondary N) is 1. The molecule has 0 aliphatic carbocycles. The average molecular weight is 1170 g/mol. The molecule has 83 heavy (non-hydrogen) atoms. The van der Waals surface area contributed by atoms with Crippen LogP contribution >= 0.6 is 0 Å². The zero-order valence-corrected chi connectivity index (χ0v) is 51.7. The monoisotopic (exact) mass is 1170 g/mol. The summed E-state index contributed by atoms with van der Waals surface area (Å²) < 4.78 is 22.8. The van der Waals surface area contributed by atoms with Crippen LogP contribution in [0.3, 0.4) is 0 Å². The fourth-order valence-electron chi connectivity index (χ4n) is 10.3. The van der Waals surface area contributed by atoms with E-state index in [-0.39, 0.29) is 12.5 Å². The quantitative estimate of drug-likeness (QED) is 0.0204. The van der Waals surface area contributed by atoms with Gasteiger partial charge in [-0.05, 0) is 77.0 Å². The van der Waals surface area contributed by atoms with Crippen LogP contribution in [0.5, 0.6) is 0 Å². The van der Waals surface area contributed by atoms with Crippen molar-refractivity contribution in [3.8, 4) is 0 Å². The van der Waals surface area contributed by atoms with Gasteiger partial charge in [0.1, 0.15) is 48.8 Å². The maximum Gasteiger partial charge on any atom is 0.220 e. The van der Waals surface area contributed by atoms with E-state index in [1.807, 2.05) is 0 Å². The molecule has 0 aromatic rings. The van der Waals surface area contributed by atoms with Crippen LogP contribution in [-0.2, 0) is 23.7 Å². The standard InChI is InChI=1S/C69H119NO13/c1-3-5-7-9-11-13-14-15-16-17-18-19-20-21-22-23-24-25-26-27-28-29-30-31-32-33-34-35-36-37-38-39-40-41-42-43-44-45-47-49-51-53-61(74)70-57(58(73)52-50-48-46-12-10-8-6-4-2)56-80-68-66(79)64(77)67(60(55-72)82-68)83-69-65(78)63(76)62(75)59(54-71)81-69/h5,7,11,13,15-16,18-19,21-22,24-25,27-28,30-31,57-60,62-69,71-73,75-79H,3-4,6,8-10,12,14,17,20,23,26,29,32-56H2,1-2H3,(H,70,74)/b7-5-,13-11-,16-15-,19-18-,22-21-,25-24-,28-27-,31-30-. The second kappa shape index (κ2) is 53.2. The SMILES string of the molecule is CC/C=C\C/C=C\C/C=C\C/C=C\C/C=C\C/C=C\C/C=C\C/C=C\CCCCCCCCCCCCCCCCCCC(=O)NC(COC1OC(CO)C(OC2OC(CO)C(O)C(O)C2O)C(O)C1O)C(O)CCCCCCCCCC. The summed E-state index contributed by atoms with van der Waals surface area (Å²) in [7, 11) is 0. The molecule has 0 saturated carbocycles. The maximum absolute atomic E-state index is 13.2. The van der Waals surface area contributed by atoms with Crippen molar-refractivity contribution < 1.29 is 64.6 Å². The molecule has 0 radical (unpaired) electrons. The van der Waals surface area contributed by atoms with Gasteiger partial charge in [-0.1, -0.05) is 252 Å². The fourth-order valence-corrected chi connectivity index (χ4v) is 10.3. The number of aliphatic hydroxyl groups is 8. The minimum absolute atomic E-state index is 0.212. The Balaban J connectivity index is 1.52. The van der Waals surface area contributed by atoms with Crippen LogP contribution in [-0.4, -0.2) is 140 Å². The van der Waals surface area contributed by atoms with E-state index in [0.29, 0.717) is 12.8 Å². The van der Waals surface area contributed by atoms with Crippen molar-refractivity contribution in [2.45, 2.75) is 312 Å². The van der Waals surface area contributed by atoms with Gasteiger partial charge < -0.3 is 65.1 Å². The number of allylic oxidation sites excluding steroid dienone is 16. The highest BCUT2D eigenvalue weighted by Gasteiger charge is 2.51. The van der Waals surface area contributed by atoms with E-state index in [1.54, 1.807) is 0 Å². The van der Waals surface area contributed by atoms with Gasteiger partial charge in [0.15, 0.2) is 12.6 Å². The van der Waals surface area contributed by atoms with Crippen LogP contribution in [0.1, 0.15) is 239 Å². The van der Waals surface area contributed by atoms with Crippen LogP contribution in [0.25, 0.3) is 0 Å². The van der Waals surface area contributed by atoms with Crippen LogP contribution in [0.2, 0.25) is 0 Å². The lowest BCUT2D eigenvalue weighted by molar-refractivity contribution is -0.359. The Hall–Kier alpha value is -3.09. The third-order valence-electron chi connectivity index (χ3n) is 15.6. The van der Waals surface area contributed by atoms with Crippen LogP contribution < -0.4 is 5.32 Å². The fraction of sp³-hybridized carbons (Fsp3) is 0.754. The van der Waals surface area contributed by atoms with Crippen molar-refractivity contribution in [1.29, 1.82) is 0 Å². The molecule has 0 aromatic heterocycles. The molecule has 0 aromatic carbocycles. The molecule has 0 spiro atoms. The van der Waals surface area contributed by atoms with Crippen molar-refractivity contribution in [1.82, 2.24) is 5.32 Å². The van der Waals surface area contributed by atoms with E-state index in [4.69, 9.17) is 18.9 Å². The van der Waals surface area contributed by atoms with Gasteiger partial charge >= 0.3 is 0 Å². The molecule has 14 heteroatoms. The lowest BCUT2D eigenvalue weighted by Gasteiger charge is -2.46. The average Bonchev–Trinajstić information content (AvgIpc) is 3.45. The molecule has 2 aliphatic rings. The third-order valence-corrected chi connectivity index (χ3v) is 15.6. The zero-order chi connectivity index (χ0) is 60.2. The van der Waals surface area contributed by atoms with E-state index >= 15 is 0 Å². The molecule has 1 amide bonds. The summed E-state index contributed by atoms with van der Waals surface area (Å²) in [6, 6.07) is -0.830. The molecule has 2 saturated heterocycles. The molecule has 2 heterocycles. The van der Waals surface area contributed by atoms with Gasteiger partial charge in [-0.2, -0.15) is 0 Å². The minimum Gasteiger partial charge on any atom is -0.394 e. The van der Waals surface area contributed by atoms with E-state index < -0.39 is 86.8 Å². The predicted molar refractivity (Wildman–Crippen MR) is 336 cm³/mol. The number of amides is 1. The van der Waals surface area contributed by atoms with E-state index in [0.717, 1.165) is 103 Å². The Morgan fingerprint density at radius 2 is 0.831 bits per heavy atom. The second-order valence-electron chi connectivity index (χ2n) is 22.9. The highest BCUT2D eigenvalue weighted by Crippen LogP contribution is 2.30. The molecule has 2 rings (SSSR count). The Bertz CT molecular complexity index is 1760. The molecular weight excluding hydrogens is 1050 g/mol. The van der Waals surface area contributed by atoms with Crippen LogP contribution in [0, 0.1) is 0 Å². The van der Waals surface area contributed by atoms with E-state index in [1.165, 1.54) is 109 Å². The number of hydrogen-bond donors (Lipinski definition) is 9. The summed E-state index contributed by atoms with van der Waals surface area (Å²) in [5.74, 6) is -0.212. The van der Waals surface area contributed by atoms with Gasteiger partial charge in [0.2, 0.25) is 5.91 Å². The number of aliphatic hydroxyl groups excluding tert-OH is 8. The van der Waals surface area contributed by atoms with Gasteiger partial charge in [-0.3, -0.25) is 4.79 Å². The highest BCUT2D eigenvalue weighted by molar-refractivity contribution is 5.76. The van der Waals surface area contributed by atoms with Gasteiger partial charge in [-0.25, -0.2) is 0 Å². The van der Waals surface area contributed by atoms with Gasteiger partial charge in [0, 0.05) is 6.42 Å². The summed E-state index contributed by atoms with van der Waals surface area (Å²) in [6.45, 7) is 2.70. The summed E-state index contributed by atoms with van der Waals surface area (Å²) in [5, 5.41) is 87.0. The minimum atomic E-state index is -1.78. The van der Waals surface area contributed by atoms with Crippen LogP contribution in [0.4, 0.5) is 0 Å². The zero-order valence-electron chi connectivity index (χ0n) is 51.7. The lowest BCUT2D eigenvalue weighted by Crippen LogP contribution is -2.65. The number of ether oxygens (including phenoxy) is 4. The van der Waals surface area contributed by atoms with Crippen molar-refractivity contribution >= 4 is 5.91 Å². The number of carbonyl (C=O) groups is 1. The van der Waals surface area contributed by atoms with E-state index in [2.05, 4.69) is 116 Å². The molecule has 2 aliphatic heterocycles. The predicted octanol–water partition coefficient (Wildman–Crippen LogP) is 12.6. The number of hydrogen-bond acceptors (Lipinski definition) is 13.